The van der Waals surface area contributed by atoms with E-state index < -0.39 is 17.7 Å². The fourth-order valence-corrected chi connectivity index (χ4v) is 2.55. The number of nitrogens with zero attached hydrogens (tertiary/aromatic N) is 1. The van der Waals surface area contributed by atoms with E-state index in [0.717, 1.165) is 18.2 Å². The van der Waals surface area contributed by atoms with Crippen LogP contribution in [-0.2, 0) is 6.54 Å². The van der Waals surface area contributed by atoms with Gasteiger partial charge in [-0.3, -0.25) is 0 Å². The fraction of sp³-hybridized carbons (Fsp3) is 0.381. The molecule has 2 aromatic rings. The highest BCUT2D eigenvalue weighted by Gasteiger charge is 2.11. The monoisotopic (exact) mass is 391 g/mol. The normalized spacial score (nSPS) is 12.8. The molecule has 0 aliphatic heterocycles. The van der Waals surface area contributed by atoms with E-state index in [2.05, 4.69) is 15.6 Å². The van der Waals surface area contributed by atoms with Gasteiger partial charge in [0.15, 0.2) is 5.96 Å². The van der Waals surface area contributed by atoms with Crippen LogP contribution in [0.2, 0.25) is 0 Å². The molecule has 0 aliphatic rings. The summed E-state index contributed by atoms with van der Waals surface area (Å²) in [5, 5.41) is 16.5. The number of hydrogen-bond acceptors (Lipinski definition) is 3. The van der Waals surface area contributed by atoms with Gasteiger partial charge in [-0.2, -0.15) is 0 Å². The molecule has 7 heteroatoms. The SMILES string of the molecule is CCNC(=NCc1cc(F)ccc1F)NCC(O)c1cccc(OC(C)C)c1. The Bertz CT molecular complexity index is 797. The Balaban J connectivity index is 2.01. The van der Waals surface area contributed by atoms with Gasteiger partial charge in [0.05, 0.1) is 18.8 Å². The summed E-state index contributed by atoms with van der Waals surface area (Å²) in [5.41, 5.74) is 0.869. The van der Waals surface area contributed by atoms with Crippen molar-refractivity contribution in [1.82, 2.24) is 10.6 Å². The van der Waals surface area contributed by atoms with Crippen LogP contribution in [0.15, 0.2) is 47.5 Å². The van der Waals surface area contributed by atoms with E-state index in [4.69, 9.17) is 4.74 Å². The van der Waals surface area contributed by atoms with Crippen molar-refractivity contribution < 1.29 is 18.6 Å². The van der Waals surface area contributed by atoms with Crippen molar-refractivity contribution in [3.63, 3.8) is 0 Å². The summed E-state index contributed by atoms with van der Waals surface area (Å²) in [6.45, 7) is 6.53. The Morgan fingerprint density at radius 2 is 1.93 bits per heavy atom. The summed E-state index contributed by atoms with van der Waals surface area (Å²) in [6, 6.07) is 10.5. The lowest BCUT2D eigenvalue weighted by Gasteiger charge is -2.17. The molecule has 5 nitrogen and oxygen atoms in total. The van der Waals surface area contributed by atoms with Crippen LogP contribution < -0.4 is 15.4 Å². The van der Waals surface area contributed by atoms with Gasteiger partial charge >= 0.3 is 0 Å². The summed E-state index contributed by atoms with van der Waals surface area (Å²) in [4.78, 5) is 4.26. The molecule has 0 bridgehead atoms. The van der Waals surface area contributed by atoms with Gasteiger partial charge < -0.3 is 20.5 Å². The topological polar surface area (TPSA) is 65.9 Å². The molecule has 0 aromatic heterocycles. The Morgan fingerprint density at radius 3 is 2.64 bits per heavy atom. The quantitative estimate of drug-likeness (QED) is 0.476. The maximum atomic E-state index is 13.7. The molecular formula is C21H27F2N3O2. The second-order valence-electron chi connectivity index (χ2n) is 6.57. The van der Waals surface area contributed by atoms with Crippen molar-refractivity contribution in [2.45, 2.75) is 39.5 Å². The number of hydrogen-bond donors (Lipinski definition) is 3. The third-order valence-corrected chi connectivity index (χ3v) is 3.84. The average molecular weight is 391 g/mol. The van der Waals surface area contributed by atoms with Crippen molar-refractivity contribution in [1.29, 1.82) is 0 Å². The summed E-state index contributed by atoms with van der Waals surface area (Å²) < 4.78 is 32.7. The number of benzene rings is 2. The minimum absolute atomic E-state index is 0.0211. The smallest absolute Gasteiger partial charge is 0.191 e. The minimum Gasteiger partial charge on any atom is -0.491 e. The van der Waals surface area contributed by atoms with Gasteiger partial charge in [-0.1, -0.05) is 12.1 Å². The maximum absolute atomic E-state index is 13.7. The van der Waals surface area contributed by atoms with Gasteiger partial charge in [0.2, 0.25) is 0 Å². The van der Waals surface area contributed by atoms with E-state index in [1.165, 1.54) is 0 Å². The molecule has 28 heavy (non-hydrogen) atoms. The first kappa shape index (κ1) is 21.6. The van der Waals surface area contributed by atoms with Crippen LogP contribution >= 0.6 is 0 Å². The van der Waals surface area contributed by atoms with Crippen LogP contribution in [0.3, 0.4) is 0 Å². The van der Waals surface area contributed by atoms with Gasteiger partial charge in [-0.15, -0.1) is 0 Å². The Morgan fingerprint density at radius 1 is 1.14 bits per heavy atom. The largest absolute Gasteiger partial charge is 0.491 e. The molecule has 2 rings (SSSR count). The van der Waals surface area contributed by atoms with Crippen LogP contribution in [-0.4, -0.2) is 30.3 Å². The van der Waals surface area contributed by atoms with E-state index in [9.17, 15) is 13.9 Å². The fourth-order valence-electron chi connectivity index (χ4n) is 2.55. The van der Waals surface area contributed by atoms with Crippen molar-refractivity contribution in [2.75, 3.05) is 13.1 Å². The zero-order chi connectivity index (χ0) is 20.5. The molecule has 152 valence electrons. The number of rotatable bonds is 8. The molecular weight excluding hydrogens is 364 g/mol. The third-order valence-electron chi connectivity index (χ3n) is 3.84. The Kier molecular flexibility index (Phi) is 8.19. The molecule has 0 saturated carbocycles. The summed E-state index contributed by atoms with van der Waals surface area (Å²) in [7, 11) is 0. The molecule has 1 atom stereocenters. The molecule has 0 amide bonds. The molecule has 3 N–H and O–H groups in total. The highest BCUT2D eigenvalue weighted by Crippen LogP contribution is 2.20. The molecule has 0 fully saturated rings. The van der Waals surface area contributed by atoms with Crippen LogP contribution in [0.25, 0.3) is 0 Å². The van der Waals surface area contributed by atoms with Gasteiger partial charge in [-0.05, 0) is 56.7 Å². The first-order valence-electron chi connectivity index (χ1n) is 9.29. The number of halogens is 2. The second kappa shape index (κ2) is 10.6. The summed E-state index contributed by atoms with van der Waals surface area (Å²) in [5.74, 6) is 0.0694. The average Bonchev–Trinajstić information content (AvgIpc) is 2.66. The lowest BCUT2D eigenvalue weighted by atomic mass is 10.1. The van der Waals surface area contributed by atoms with E-state index in [-0.39, 0.29) is 24.8 Å². The van der Waals surface area contributed by atoms with Gasteiger partial charge in [-0.25, -0.2) is 13.8 Å². The predicted molar refractivity (Wildman–Crippen MR) is 106 cm³/mol. The standard InChI is InChI=1S/C21H27F2N3O2/c1-4-24-21(25-12-16-10-17(22)8-9-19(16)23)26-13-20(27)15-6-5-7-18(11-15)28-14(2)3/h5-11,14,20,27H,4,12-13H2,1-3H3,(H2,24,25,26). The summed E-state index contributed by atoms with van der Waals surface area (Å²) >= 11 is 0. The van der Waals surface area contributed by atoms with Crippen LogP contribution in [0.5, 0.6) is 5.75 Å². The predicted octanol–water partition coefficient (Wildman–Crippen LogP) is 3.54. The molecule has 0 aliphatic carbocycles. The van der Waals surface area contributed by atoms with Crippen LogP contribution in [0.1, 0.15) is 38.0 Å². The molecule has 0 spiro atoms. The number of aliphatic hydroxyl groups excluding tert-OH is 1. The Labute approximate surface area is 164 Å². The highest BCUT2D eigenvalue weighted by atomic mass is 19.1. The van der Waals surface area contributed by atoms with E-state index in [1.807, 2.05) is 39.0 Å². The third kappa shape index (κ3) is 6.81. The minimum atomic E-state index is -0.787. The van der Waals surface area contributed by atoms with Gasteiger partial charge in [0.1, 0.15) is 17.4 Å². The maximum Gasteiger partial charge on any atom is 0.191 e. The van der Waals surface area contributed by atoms with Gasteiger partial charge in [0, 0.05) is 18.7 Å². The number of aliphatic hydroxyl groups is 1. The Hall–Kier alpha value is -2.67. The molecule has 0 saturated heterocycles. The highest BCUT2D eigenvalue weighted by molar-refractivity contribution is 5.79. The number of ether oxygens (including phenoxy) is 1. The van der Waals surface area contributed by atoms with Crippen LogP contribution in [0, 0.1) is 11.6 Å². The molecule has 0 heterocycles. The lowest BCUT2D eigenvalue weighted by molar-refractivity contribution is 0.179. The summed E-state index contributed by atoms with van der Waals surface area (Å²) in [6.07, 6.45) is -0.744. The van der Waals surface area contributed by atoms with Crippen molar-refractivity contribution in [3.8, 4) is 5.75 Å². The lowest BCUT2D eigenvalue weighted by Crippen LogP contribution is -2.39. The van der Waals surface area contributed by atoms with E-state index in [0.29, 0.717) is 23.8 Å². The zero-order valence-corrected chi connectivity index (χ0v) is 16.4. The molecule has 2 aromatic carbocycles. The van der Waals surface area contributed by atoms with Crippen molar-refractivity contribution in [2.24, 2.45) is 4.99 Å². The first-order chi connectivity index (χ1) is 13.4. The molecule has 0 radical (unpaired) electrons. The van der Waals surface area contributed by atoms with Crippen molar-refractivity contribution in [3.05, 3.63) is 65.2 Å². The van der Waals surface area contributed by atoms with Crippen LogP contribution in [0.4, 0.5) is 8.78 Å². The molecule has 1 unspecified atom stereocenters. The zero-order valence-electron chi connectivity index (χ0n) is 16.4. The van der Waals surface area contributed by atoms with Crippen molar-refractivity contribution >= 4 is 5.96 Å². The number of aliphatic imine (C=N–C) groups is 1. The first-order valence-corrected chi connectivity index (χ1v) is 9.29. The number of nitrogens with one attached hydrogen (secondary N) is 2. The number of guanidine groups is 1. The van der Waals surface area contributed by atoms with E-state index >= 15 is 0 Å². The van der Waals surface area contributed by atoms with Gasteiger partial charge in [0.25, 0.3) is 0 Å². The van der Waals surface area contributed by atoms with E-state index in [1.54, 1.807) is 6.07 Å². The second-order valence-corrected chi connectivity index (χ2v) is 6.57.